The van der Waals surface area contributed by atoms with Crippen LogP contribution in [0.15, 0.2) is 18.3 Å². The van der Waals surface area contributed by atoms with Gasteiger partial charge in [-0.25, -0.2) is 0 Å². The van der Waals surface area contributed by atoms with Crippen LogP contribution < -0.4 is 10.1 Å². The molecule has 0 aliphatic carbocycles. The molecule has 0 unspecified atom stereocenters. The van der Waals surface area contributed by atoms with Gasteiger partial charge < -0.3 is 20.2 Å². The van der Waals surface area contributed by atoms with Crippen LogP contribution in [0.2, 0.25) is 0 Å². The Bertz CT molecular complexity index is 451. The van der Waals surface area contributed by atoms with E-state index in [-0.39, 0.29) is 24.1 Å². The van der Waals surface area contributed by atoms with E-state index in [1.54, 1.807) is 0 Å². The number of hydrogen-bond donors (Lipinski definition) is 1. The van der Waals surface area contributed by atoms with Crippen LogP contribution >= 0.6 is 0 Å². The molecule has 7 nitrogen and oxygen atoms in total. The number of unbranched alkanes of at least 4 members (excludes halogenated alkanes) is 3. The van der Waals surface area contributed by atoms with E-state index in [4.69, 9.17) is 4.74 Å². The Hall–Kier alpha value is -2.18. The maximum absolute atomic E-state index is 11.5. The first-order valence-corrected chi connectivity index (χ1v) is 6.64. The van der Waals surface area contributed by atoms with Crippen molar-refractivity contribution in [2.45, 2.75) is 32.6 Å². The van der Waals surface area contributed by atoms with Crippen molar-refractivity contribution in [2.24, 2.45) is 0 Å². The number of nitro groups is 1. The summed E-state index contributed by atoms with van der Waals surface area (Å²) in [5.41, 5.74) is 0. The third-order valence-electron chi connectivity index (χ3n) is 2.64. The van der Waals surface area contributed by atoms with E-state index in [1.807, 2.05) is 0 Å². The van der Waals surface area contributed by atoms with E-state index in [1.165, 1.54) is 18.3 Å². The van der Waals surface area contributed by atoms with Gasteiger partial charge in [0.2, 0.25) is 5.75 Å². The number of nitrogens with one attached hydrogen (secondary N) is 1. The Balaban J connectivity index is 2.32. The number of ether oxygens (including phenoxy) is 1. The number of carbonyl (C=O) groups excluding carboxylic acids is 1. The summed E-state index contributed by atoms with van der Waals surface area (Å²) < 4.78 is 5.12. The largest absolute Gasteiger partial charge is 0.476 e. The highest BCUT2D eigenvalue weighted by molar-refractivity contribution is 5.77. The molecule has 0 spiro atoms. The highest BCUT2D eigenvalue weighted by Crippen LogP contribution is 2.22. The van der Waals surface area contributed by atoms with Crippen molar-refractivity contribution in [3.05, 3.63) is 28.4 Å². The molecule has 1 aromatic rings. The Morgan fingerprint density at radius 1 is 1.45 bits per heavy atom. The number of aromatic nitrogens is 1. The minimum Gasteiger partial charge on any atom is -0.476 e. The highest BCUT2D eigenvalue weighted by atomic mass is 16.6. The van der Waals surface area contributed by atoms with Gasteiger partial charge in [-0.05, 0) is 28.5 Å². The fourth-order valence-corrected chi connectivity index (χ4v) is 1.61. The van der Waals surface area contributed by atoms with Gasteiger partial charge in [0, 0.05) is 6.54 Å². The van der Waals surface area contributed by atoms with Gasteiger partial charge in [0.15, 0.2) is 6.61 Å². The van der Waals surface area contributed by atoms with Crippen LogP contribution in [-0.4, -0.2) is 29.0 Å². The third-order valence-corrected chi connectivity index (χ3v) is 2.64. The smallest absolute Gasteiger partial charge is 0.406 e. The Kier molecular flexibility index (Phi) is 7.02. The number of nitrogens with zero attached hydrogens (tertiary/aromatic N) is 2. The Labute approximate surface area is 117 Å². The summed E-state index contributed by atoms with van der Waals surface area (Å²) in [5.74, 6) is -0.679. The zero-order valence-corrected chi connectivity index (χ0v) is 11.5. The lowest BCUT2D eigenvalue weighted by Gasteiger charge is -2.07. The molecular weight excluding hydrogens is 262 g/mol. The first-order chi connectivity index (χ1) is 9.65. The summed E-state index contributed by atoms with van der Waals surface area (Å²) in [7, 11) is 0. The summed E-state index contributed by atoms with van der Waals surface area (Å²) in [6.45, 7) is 2.46. The molecule has 0 fully saturated rings. The SMILES string of the molecule is CCCCCCNC(=O)COc1cccnc1[N+](=O)[O-]. The van der Waals surface area contributed by atoms with Gasteiger partial charge in [-0.3, -0.25) is 4.79 Å². The summed E-state index contributed by atoms with van der Waals surface area (Å²) in [4.78, 5) is 25.2. The predicted octanol–water partition coefficient (Wildman–Crippen LogP) is 2.07. The van der Waals surface area contributed by atoms with Crippen LogP contribution in [0.4, 0.5) is 5.82 Å². The van der Waals surface area contributed by atoms with Crippen LogP contribution in [0.25, 0.3) is 0 Å². The van der Waals surface area contributed by atoms with Crippen LogP contribution in [0, 0.1) is 10.1 Å². The summed E-state index contributed by atoms with van der Waals surface area (Å²) in [5, 5.41) is 13.4. The maximum Gasteiger partial charge on any atom is 0.406 e. The average molecular weight is 281 g/mol. The monoisotopic (exact) mass is 281 g/mol. The minimum atomic E-state index is -0.641. The number of amides is 1. The molecule has 0 saturated carbocycles. The molecule has 1 rings (SSSR count). The molecule has 0 aliphatic heterocycles. The van der Waals surface area contributed by atoms with E-state index in [2.05, 4.69) is 17.2 Å². The minimum absolute atomic E-state index is 0.00127. The summed E-state index contributed by atoms with van der Waals surface area (Å²) in [6.07, 6.45) is 5.59. The second kappa shape index (κ2) is 8.84. The predicted molar refractivity (Wildman–Crippen MR) is 73.5 cm³/mol. The second-order valence-electron chi connectivity index (χ2n) is 4.28. The van der Waals surface area contributed by atoms with Gasteiger partial charge in [0.25, 0.3) is 5.91 Å². The molecule has 0 atom stereocenters. The molecule has 1 amide bonds. The summed E-state index contributed by atoms with van der Waals surface area (Å²) in [6, 6.07) is 2.94. The third kappa shape index (κ3) is 5.64. The zero-order chi connectivity index (χ0) is 14.8. The van der Waals surface area contributed by atoms with Crippen molar-refractivity contribution in [3.63, 3.8) is 0 Å². The van der Waals surface area contributed by atoms with Crippen molar-refractivity contribution in [3.8, 4) is 5.75 Å². The molecule has 1 N–H and O–H groups in total. The van der Waals surface area contributed by atoms with Gasteiger partial charge in [-0.15, -0.1) is 0 Å². The lowest BCUT2D eigenvalue weighted by molar-refractivity contribution is -0.390. The lowest BCUT2D eigenvalue weighted by atomic mass is 10.2. The van der Waals surface area contributed by atoms with E-state index < -0.39 is 4.92 Å². The normalized spacial score (nSPS) is 10.1. The molecule has 0 aliphatic rings. The molecule has 0 radical (unpaired) electrons. The van der Waals surface area contributed by atoms with Crippen LogP contribution in [-0.2, 0) is 4.79 Å². The molecule has 0 saturated heterocycles. The molecule has 110 valence electrons. The van der Waals surface area contributed by atoms with E-state index >= 15 is 0 Å². The van der Waals surface area contributed by atoms with E-state index in [0.717, 1.165) is 25.7 Å². The van der Waals surface area contributed by atoms with Gasteiger partial charge in [-0.2, -0.15) is 0 Å². The molecule has 1 aromatic heterocycles. The number of hydrogen-bond acceptors (Lipinski definition) is 5. The van der Waals surface area contributed by atoms with Crippen LogP contribution in [0.1, 0.15) is 32.6 Å². The van der Waals surface area contributed by atoms with Crippen molar-refractivity contribution < 1.29 is 14.5 Å². The lowest BCUT2D eigenvalue weighted by Crippen LogP contribution is -2.29. The first-order valence-electron chi connectivity index (χ1n) is 6.64. The highest BCUT2D eigenvalue weighted by Gasteiger charge is 2.16. The standard InChI is InChI=1S/C13H19N3O4/c1-2-3-4-5-8-14-12(17)10-20-11-7-6-9-15-13(11)16(18)19/h6-7,9H,2-5,8,10H2,1H3,(H,14,17). The van der Waals surface area contributed by atoms with Gasteiger partial charge in [-0.1, -0.05) is 26.2 Å². The number of carbonyl (C=O) groups is 1. The fourth-order valence-electron chi connectivity index (χ4n) is 1.61. The summed E-state index contributed by atoms with van der Waals surface area (Å²) >= 11 is 0. The van der Waals surface area contributed by atoms with Crippen LogP contribution in [0.3, 0.4) is 0 Å². The van der Waals surface area contributed by atoms with Gasteiger partial charge >= 0.3 is 5.82 Å². The fraction of sp³-hybridized carbons (Fsp3) is 0.538. The quantitative estimate of drug-likeness (QED) is 0.425. The molecule has 0 aromatic carbocycles. The van der Waals surface area contributed by atoms with Crippen molar-refractivity contribution in [2.75, 3.05) is 13.2 Å². The molecule has 7 heteroatoms. The van der Waals surface area contributed by atoms with E-state index in [9.17, 15) is 14.9 Å². The van der Waals surface area contributed by atoms with Crippen molar-refractivity contribution in [1.82, 2.24) is 10.3 Å². The molecule has 0 bridgehead atoms. The van der Waals surface area contributed by atoms with Crippen molar-refractivity contribution in [1.29, 1.82) is 0 Å². The number of pyridine rings is 1. The maximum atomic E-state index is 11.5. The van der Waals surface area contributed by atoms with Crippen LogP contribution in [0.5, 0.6) is 5.75 Å². The first kappa shape index (κ1) is 15.9. The van der Waals surface area contributed by atoms with Gasteiger partial charge in [0.1, 0.15) is 6.20 Å². The Morgan fingerprint density at radius 2 is 2.25 bits per heavy atom. The molecule has 20 heavy (non-hydrogen) atoms. The average Bonchev–Trinajstić information content (AvgIpc) is 2.45. The Morgan fingerprint density at radius 3 is 2.95 bits per heavy atom. The molecule has 1 heterocycles. The van der Waals surface area contributed by atoms with Gasteiger partial charge in [0.05, 0.1) is 0 Å². The van der Waals surface area contributed by atoms with E-state index in [0.29, 0.717) is 6.54 Å². The van der Waals surface area contributed by atoms with Crippen molar-refractivity contribution >= 4 is 11.7 Å². The zero-order valence-electron chi connectivity index (χ0n) is 11.5. The molecular formula is C13H19N3O4. The number of rotatable bonds is 9. The second-order valence-corrected chi connectivity index (χ2v) is 4.28. The topological polar surface area (TPSA) is 94.4 Å².